The Morgan fingerprint density at radius 3 is 2.71 bits per heavy atom. The number of aromatic amines is 1. The number of aromatic nitrogens is 5. The van der Waals surface area contributed by atoms with Crippen LogP contribution in [-0.4, -0.2) is 98.7 Å². The Balaban J connectivity index is 1.34. The van der Waals surface area contributed by atoms with Gasteiger partial charge in [0.05, 0.1) is 36.8 Å². The summed E-state index contributed by atoms with van der Waals surface area (Å²) in [5.41, 5.74) is 2.62. The van der Waals surface area contributed by atoms with Gasteiger partial charge in [-0.05, 0) is 6.07 Å². The first-order valence-corrected chi connectivity index (χ1v) is 13.6. The minimum absolute atomic E-state index is 0.148. The summed E-state index contributed by atoms with van der Waals surface area (Å²) in [5, 5.41) is 9.61. The number of nitrogens with zero attached hydrogens (tertiary/aromatic N) is 7. The number of amides is 1. The van der Waals surface area contributed by atoms with E-state index in [4.69, 9.17) is 19.7 Å². The summed E-state index contributed by atoms with van der Waals surface area (Å²) in [6.45, 7) is 6.85. The van der Waals surface area contributed by atoms with Crippen LogP contribution in [-0.2, 0) is 16.1 Å². The number of rotatable bonds is 5. The van der Waals surface area contributed by atoms with E-state index in [9.17, 15) is 4.79 Å². The Hall–Kier alpha value is -2.67. The molecule has 1 aromatic carbocycles. The lowest BCUT2D eigenvalue weighted by atomic mass is 10.1. The molecule has 6 rings (SSSR count). The summed E-state index contributed by atoms with van der Waals surface area (Å²) >= 11 is 4.93. The Labute approximate surface area is 214 Å². The molecule has 35 heavy (non-hydrogen) atoms. The highest BCUT2D eigenvalue weighted by Gasteiger charge is 2.24. The molecule has 0 bridgehead atoms. The van der Waals surface area contributed by atoms with Crippen LogP contribution in [0.5, 0.6) is 0 Å². The van der Waals surface area contributed by atoms with Gasteiger partial charge in [-0.2, -0.15) is 5.10 Å². The number of thiazole rings is 1. The van der Waals surface area contributed by atoms with Crippen LogP contribution in [0.4, 0.5) is 5.82 Å². The first-order chi connectivity index (χ1) is 17.2. The minimum Gasteiger partial charge on any atom is -0.378 e. The quantitative estimate of drug-likeness (QED) is 0.374. The summed E-state index contributed by atoms with van der Waals surface area (Å²) in [7, 11) is 0. The van der Waals surface area contributed by atoms with Gasteiger partial charge in [0, 0.05) is 50.2 Å². The average Bonchev–Trinajstić information content (AvgIpc) is 3.55. The number of halogens is 1. The second-order valence-corrected chi connectivity index (χ2v) is 10.3. The van der Waals surface area contributed by atoms with E-state index in [1.165, 1.54) is 0 Å². The number of anilines is 1. The van der Waals surface area contributed by atoms with Crippen molar-refractivity contribution in [2.24, 2.45) is 0 Å². The minimum atomic E-state index is 0.148. The van der Waals surface area contributed by atoms with Crippen molar-refractivity contribution < 1.29 is 9.53 Å². The highest BCUT2D eigenvalue weighted by Crippen LogP contribution is 2.34. The van der Waals surface area contributed by atoms with E-state index < -0.39 is 0 Å². The van der Waals surface area contributed by atoms with E-state index in [1.54, 1.807) is 11.3 Å². The van der Waals surface area contributed by atoms with Crippen LogP contribution in [0.25, 0.3) is 32.6 Å². The van der Waals surface area contributed by atoms with Gasteiger partial charge in [-0.15, -0.1) is 11.3 Å². The molecule has 12 heteroatoms. The van der Waals surface area contributed by atoms with Crippen LogP contribution >= 0.6 is 27.3 Å². The van der Waals surface area contributed by atoms with Gasteiger partial charge in [0.15, 0.2) is 17.3 Å². The molecule has 0 aliphatic carbocycles. The van der Waals surface area contributed by atoms with E-state index in [0.717, 1.165) is 83.5 Å². The summed E-state index contributed by atoms with van der Waals surface area (Å²) in [5.74, 6) is 1.73. The fourth-order valence-corrected chi connectivity index (χ4v) is 6.04. The van der Waals surface area contributed by atoms with Crippen molar-refractivity contribution in [2.75, 3.05) is 62.7 Å². The number of carbonyl (C=O) groups excluding carboxylic acids is 1. The van der Waals surface area contributed by atoms with Crippen molar-refractivity contribution in [3.8, 4) is 11.4 Å². The van der Waals surface area contributed by atoms with Crippen molar-refractivity contribution in [1.29, 1.82) is 0 Å². The molecule has 10 nitrogen and oxygen atoms in total. The maximum Gasteiger partial charge on any atom is 0.233 e. The monoisotopic (exact) mass is 556 g/mol. The zero-order valence-corrected chi connectivity index (χ0v) is 21.5. The van der Waals surface area contributed by atoms with Crippen molar-refractivity contribution in [3.05, 3.63) is 29.4 Å². The Morgan fingerprint density at radius 1 is 1.09 bits per heavy atom. The number of fused-ring (bicyclic) bond motifs is 2. The highest BCUT2D eigenvalue weighted by atomic mass is 79.9. The largest absolute Gasteiger partial charge is 0.378 e. The molecule has 5 heterocycles. The number of benzene rings is 1. The molecule has 0 atom stereocenters. The van der Waals surface area contributed by atoms with E-state index in [2.05, 4.69) is 35.9 Å². The number of carbonyl (C=O) groups is 1. The maximum atomic E-state index is 12.0. The molecular formula is C23H25BrN8O2S. The molecule has 0 unspecified atom stereocenters. The fourth-order valence-electron chi connectivity index (χ4n) is 4.62. The summed E-state index contributed by atoms with van der Waals surface area (Å²) in [4.78, 5) is 33.4. The van der Waals surface area contributed by atoms with Gasteiger partial charge in [-0.25, -0.2) is 15.0 Å². The third-order valence-corrected chi connectivity index (χ3v) is 8.02. The average molecular weight is 557 g/mol. The number of ether oxygens (including phenoxy) is 1. The van der Waals surface area contributed by atoms with Gasteiger partial charge in [-0.1, -0.05) is 28.1 Å². The highest BCUT2D eigenvalue weighted by molar-refractivity contribution is 9.09. The Morgan fingerprint density at radius 2 is 1.91 bits per heavy atom. The number of morpholine rings is 1. The van der Waals surface area contributed by atoms with Crippen molar-refractivity contribution in [1.82, 2.24) is 34.9 Å². The standard InChI is InChI=1S/C23H25BrN8O2S/c24-12-19(33)31-6-4-30(5-7-31)14-18-26-22-20(35-18)23(32-8-10-34-11-9-32)28-21(27-22)15-2-1-3-17-16(15)13-25-29-17/h1-3,13H,4-12,14H2,(H,25,29). The van der Waals surface area contributed by atoms with Gasteiger partial charge in [0.25, 0.3) is 0 Å². The molecule has 2 fully saturated rings. The van der Waals surface area contributed by atoms with Crippen LogP contribution in [0.3, 0.4) is 0 Å². The molecule has 4 aromatic rings. The number of nitrogens with one attached hydrogen (secondary N) is 1. The lowest BCUT2D eigenvalue weighted by Crippen LogP contribution is -2.48. The Bertz CT molecular complexity index is 1360. The van der Waals surface area contributed by atoms with E-state index in [0.29, 0.717) is 24.4 Å². The van der Waals surface area contributed by atoms with Crippen molar-refractivity contribution >= 4 is 60.2 Å². The third kappa shape index (κ3) is 4.51. The summed E-state index contributed by atoms with van der Waals surface area (Å²) < 4.78 is 6.60. The molecule has 2 saturated heterocycles. The topological polar surface area (TPSA) is 103 Å². The first kappa shape index (κ1) is 22.8. The predicted octanol–water partition coefficient (Wildman–Crippen LogP) is 2.51. The number of hydrogen-bond acceptors (Lipinski definition) is 9. The van der Waals surface area contributed by atoms with Gasteiger partial charge < -0.3 is 14.5 Å². The Kier molecular flexibility index (Phi) is 6.35. The SMILES string of the molecule is O=C(CBr)N1CCN(Cc2nc3nc(-c4cccc5[nH]ncc45)nc(N4CCOCC4)c3s2)CC1. The maximum absolute atomic E-state index is 12.0. The van der Waals surface area contributed by atoms with Gasteiger partial charge in [0.2, 0.25) is 5.91 Å². The zero-order chi connectivity index (χ0) is 23.8. The molecule has 182 valence electrons. The molecule has 2 aliphatic rings. The van der Waals surface area contributed by atoms with Crippen LogP contribution in [0, 0.1) is 0 Å². The van der Waals surface area contributed by atoms with Crippen LogP contribution in [0.2, 0.25) is 0 Å². The van der Waals surface area contributed by atoms with E-state index in [-0.39, 0.29) is 5.91 Å². The first-order valence-electron chi connectivity index (χ1n) is 11.7. The molecule has 0 spiro atoms. The van der Waals surface area contributed by atoms with E-state index >= 15 is 0 Å². The molecule has 3 aromatic heterocycles. The molecule has 2 aliphatic heterocycles. The molecule has 1 amide bonds. The van der Waals surface area contributed by atoms with Gasteiger partial charge in [-0.3, -0.25) is 14.8 Å². The second kappa shape index (κ2) is 9.76. The smallest absolute Gasteiger partial charge is 0.233 e. The van der Waals surface area contributed by atoms with Gasteiger partial charge in [0.1, 0.15) is 9.71 Å². The van der Waals surface area contributed by atoms with Crippen LogP contribution in [0.1, 0.15) is 5.01 Å². The molecule has 0 saturated carbocycles. The van der Waals surface area contributed by atoms with Crippen LogP contribution in [0.15, 0.2) is 24.4 Å². The summed E-state index contributed by atoms with van der Waals surface area (Å²) in [6, 6.07) is 6.02. The molecule has 0 radical (unpaired) electrons. The number of alkyl halides is 1. The van der Waals surface area contributed by atoms with Gasteiger partial charge >= 0.3 is 0 Å². The lowest BCUT2D eigenvalue weighted by Gasteiger charge is -2.33. The van der Waals surface area contributed by atoms with Crippen molar-refractivity contribution in [2.45, 2.75) is 6.54 Å². The second-order valence-electron chi connectivity index (χ2n) is 8.66. The third-order valence-electron chi connectivity index (χ3n) is 6.51. The molecule has 1 N–H and O–H groups in total. The lowest BCUT2D eigenvalue weighted by molar-refractivity contribution is -0.130. The zero-order valence-electron chi connectivity index (χ0n) is 19.1. The fraction of sp³-hybridized carbons (Fsp3) is 0.435. The van der Waals surface area contributed by atoms with Crippen molar-refractivity contribution in [3.63, 3.8) is 0 Å². The number of piperazine rings is 1. The normalized spacial score (nSPS) is 17.5. The molecular weight excluding hydrogens is 532 g/mol. The van der Waals surface area contributed by atoms with E-state index in [1.807, 2.05) is 29.3 Å². The summed E-state index contributed by atoms with van der Waals surface area (Å²) in [6.07, 6.45) is 1.82. The predicted molar refractivity (Wildman–Crippen MR) is 139 cm³/mol. The van der Waals surface area contributed by atoms with Crippen LogP contribution < -0.4 is 4.90 Å². The number of hydrogen-bond donors (Lipinski definition) is 1. The number of H-pyrrole nitrogens is 1.